The molecule has 0 unspecified atom stereocenters. The molecule has 0 saturated heterocycles. The van der Waals surface area contributed by atoms with E-state index in [0.29, 0.717) is 12.4 Å². The molecule has 1 aromatic heterocycles. The summed E-state index contributed by atoms with van der Waals surface area (Å²) in [5.41, 5.74) is 2.06. The maximum Gasteiger partial charge on any atom is 0.177 e. The predicted octanol–water partition coefficient (Wildman–Crippen LogP) is 1.38. The molecule has 7 heteroatoms. The molecule has 4 nitrogen and oxygen atoms in total. The van der Waals surface area contributed by atoms with E-state index in [-0.39, 0.29) is 10.8 Å². The summed E-state index contributed by atoms with van der Waals surface area (Å²) in [6.07, 6.45) is 0. The van der Waals surface area contributed by atoms with Crippen molar-refractivity contribution in [3.8, 4) is 0 Å². The van der Waals surface area contributed by atoms with Gasteiger partial charge in [0.25, 0.3) is 0 Å². The van der Waals surface area contributed by atoms with Crippen LogP contribution in [0, 0.1) is 11.6 Å². The van der Waals surface area contributed by atoms with Crippen molar-refractivity contribution in [2.45, 2.75) is 5.03 Å². The second-order valence-electron chi connectivity index (χ2n) is 2.59. The first-order chi connectivity index (χ1) is 7.19. The molecule has 0 radical (unpaired) electrons. The number of anilines is 1. The highest BCUT2D eigenvalue weighted by Crippen LogP contribution is 2.23. The molecule has 1 rings (SSSR count). The number of thioether (sulfide) groups is 1. The lowest BCUT2D eigenvalue weighted by atomic mass is 10.4. The van der Waals surface area contributed by atoms with E-state index in [2.05, 4.69) is 10.4 Å². The average molecular weight is 235 g/mol. The fraction of sp³-hybridized carbons (Fsp3) is 0.375. The number of hydrazine groups is 1. The summed E-state index contributed by atoms with van der Waals surface area (Å²) >= 11 is 1.14. The van der Waals surface area contributed by atoms with Crippen molar-refractivity contribution in [3.63, 3.8) is 0 Å². The normalized spacial score (nSPS) is 10.4. The van der Waals surface area contributed by atoms with Gasteiger partial charge in [-0.05, 0) is 0 Å². The molecule has 1 aromatic rings. The number of hydrogen-bond donors (Lipinski definition) is 2. The third kappa shape index (κ3) is 3.29. The van der Waals surface area contributed by atoms with Crippen LogP contribution in [0.25, 0.3) is 0 Å². The zero-order valence-electron chi connectivity index (χ0n) is 8.09. The first-order valence-electron chi connectivity index (χ1n) is 4.13. The smallest absolute Gasteiger partial charge is 0.177 e. The molecular weight excluding hydrogens is 224 g/mol. The van der Waals surface area contributed by atoms with Gasteiger partial charge in [0.1, 0.15) is 5.03 Å². The number of aromatic nitrogens is 1. The van der Waals surface area contributed by atoms with Crippen LogP contribution in [0.4, 0.5) is 14.6 Å². The van der Waals surface area contributed by atoms with E-state index in [1.807, 2.05) is 0 Å². The maximum atomic E-state index is 13.2. The summed E-state index contributed by atoms with van der Waals surface area (Å²) in [4.78, 5) is 3.68. The SMILES string of the molecule is COCCSc1nc(NN)c(F)cc1F. The molecule has 0 aliphatic carbocycles. The number of ether oxygens (including phenoxy) is 1. The summed E-state index contributed by atoms with van der Waals surface area (Å²) < 4.78 is 30.9. The van der Waals surface area contributed by atoms with E-state index in [1.54, 1.807) is 7.11 Å². The van der Waals surface area contributed by atoms with Crippen LogP contribution in [0.1, 0.15) is 0 Å². The van der Waals surface area contributed by atoms with Crippen molar-refractivity contribution in [3.05, 3.63) is 17.7 Å². The Morgan fingerprint density at radius 2 is 2.27 bits per heavy atom. The average Bonchev–Trinajstić information content (AvgIpc) is 2.21. The Morgan fingerprint density at radius 1 is 1.53 bits per heavy atom. The van der Waals surface area contributed by atoms with E-state index >= 15 is 0 Å². The molecule has 0 fully saturated rings. The van der Waals surface area contributed by atoms with Gasteiger partial charge in [-0.3, -0.25) is 0 Å². The van der Waals surface area contributed by atoms with Gasteiger partial charge in [0.2, 0.25) is 0 Å². The number of rotatable bonds is 5. The number of pyridine rings is 1. The number of halogens is 2. The van der Waals surface area contributed by atoms with Crippen LogP contribution >= 0.6 is 11.8 Å². The number of nitrogens with one attached hydrogen (secondary N) is 1. The maximum absolute atomic E-state index is 13.2. The minimum absolute atomic E-state index is 0.0985. The molecule has 84 valence electrons. The number of hydrogen-bond acceptors (Lipinski definition) is 5. The molecular formula is C8H11F2N3OS. The molecule has 0 atom stereocenters. The number of methoxy groups -OCH3 is 1. The lowest BCUT2D eigenvalue weighted by Gasteiger charge is -2.05. The second kappa shape index (κ2) is 5.84. The summed E-state index contributed by atoms with van der Waals surface area (Å²) in [6.45, 7) is 0.467. The van der Waals surface area contributed by atoms with E-state index in [0.717, 1.165) is 17.8 Å². The van der Waals surface area contributed by atoms with Gasteiger partial charge < -0.3 is 10.2 Å². The second-order valence-corrected chi connectivity index (χ2v) is 3.67. The van der Waals surface area contributed by atoms with Gasteiger partial charge in [-0.15, -0.1) is 11.8 Å². The van der Waals surface area contributed by atoms with Gasteiger partial charge >= 0.3 is 0 Å². The van der Waals surface area contributed by atoms with Crippen molar-refractivity contribution in [1.29, 1.82) is 0 Å². The van der Waals surface area contributed by atoms with Crippen molar-refractivity contribution in [1.82, 2.24) is 4.98 Å². The summed E-state index contributed by atoms with van der Waals surface area (Å²) in [6, 6.07) is 0.747. The molecule has 0 aromatic carbocycles. The summed E-state index contributed by atoms with van der Waals surface area (Å²) in [5, 5.41) is 0.0985. The zero-order chi connectivity index (χ0) is 11.3. The number of nitrogens with zero attached hydrogens (tertiary/aromatic N) is 1. The summed E-state index contributed by atoms with van der Waals surface area (Å²) in [5.74, 6) is 3.87. The zero-order valence-corrected chi connectivity index (χ0v) is 8.91. The molecule has 0 aliphatic heterocycles. The third-order valence-electron chi connectivity index (χ3n) is 1.56. The Kier molecular flexibility index (Phi) is 4.73. The summed E-state index contributed by atoms with van der Waals surface area (Å²) in [7, 11) is 1.54. The lowest BCUT2D eigenvalue weighted by molar-refractivity contribution is 0.218. The van der Waals surface area contributed by atoms with Gasteiger partial charge in [0.15, 0.2) is 17.5 Å². The van der Waals surface area contributed by atoms with Gasteiger partial charge in [0, 0.05) is 18.9 Å². The van der Waals surface area contributed by atoms with Gasteiger partial charge in [-0.25, -0.2) is 19.6 Å². The largest absolute Gasteiger partial charge is 0.384 e. The van der Waals surface area contributed by atoms with Crippen LogP contribution in [0.5, 0.6) is 0 Å². The van der Waals surface area contributed by atoms with E-state index in [1.165, 1.54) is 0 Å². The highest BCUT2D eigenvalue weighted by atomic mass is 32.2. The lowest BCUT2D eigenvalue weighted by Crippen LogP contribution is -2.11. The highest BCUT2D eigenvalue weighted by molar-refractivity contribution is 7.99. The van der Waals surface area contributed by atoms with E-state index < -0.39 is 11.6 Å². The Morgan fingerprint density at radius 3 is 2.87 bits per heavy atom. The minimum Gasteiger partial charge on any atom is -0.384 e. The quantitative estimate of drug-likeness (QED) is 0.349. The number of nitrogens with two attached hydrogens (primary N) is 1. The third-order valence-corrected chi connectivity index (χ3v) is 2.49. The molecule has 0 amide bonds. The van der Waals surface area contributed by atoms with Gasteiger partial charge in [-0.2, -0.15) is 0 Å². The fourth-order valence-electron chi connectivity index (χ4n) is 0.874. The molecule has 0 spiro atoms. The van der Waals surface area contributed by atoms with Crippen molar-refractivity contribution in [2.24, 2.45) is 5.84 Å². The Balaban J connectivity index is 2.78. The van der Waals surface area contributed by atoms with Crippen LogP contribution in [-0.4, -0.2) is 24.5 Å². The highest BCUT2D eigenvalue weighted by Gasteiger charge is 2.11. The molecule has 0 aliphatic rings. The molecule has 0 bridgehead atoms. The molecule has 3 N–H and O–H groups in total. The fourth-order valence-corrected chi connectivity index (χ4v) is 1.67. The van der Waals surface area contributed by atoms with Gasteiger partial charge in [0.05, 0.1) is 6.61 Å². The Hall–Kier alpha value is -0.920. The Bertz CT molecular complexity index is 338. The first-order valence-corrected chi connectivity index (χ1v) is 5.12. The standard InChI is InChI=1S/C8H11F2N3OS/c1-14-2-3-15-8-6(10)4-5(9)7(12-8)13-11/h4H,2-3,11H2,1H3,(H,12,13). The van der Waals surface area contributed by atoms with Crippen LogP contribution in [0.2, 0.25) is 0 Å². The molecule has 0 saturated carbocycles. The molecule has 1 heterocycles. The number of nitrogen functional groups attached to an aromatic ring is 1. The van der Waals surface area contributed by atoms with Crippen LogP contribution in [0.15, 0.2) is 11.1 Å². The van der Waals surface area contributed by atoms with Crippen molar-refractivity contribution >= 4 is 17.6 Å². The molecule has 15 heavy (non-hydrogen) atoms. The van der Waals surface area contributed by atoms with Crippen LogP contribution < -0.4 is 11.3 Å². The van der Waals surface area contributed by atoms with Gasteiger partial charge in [-0.1, -0.05) is 0 Å². The van der Waals surface area contributed by atoms with E-state index in [4.69, 9.17) is 10.6 Å². The van der Waals surface area contributed by atoms with Crippen LogP contribution in [-0.2, 0) is 4.74 Å². The van der Waals surface area contributed by atoms with Crippen LogP contribution in [0.3, 0.4) is 0 Å². The monoisotopic (exact) mass is 235 g/mol. The topological polar surface area (TPSA) is 60.2 Å². The first kappa shape index (κ1) is 12.2. The van der Waals surface area contributed by atoms with Crippen molar-refractivity contribution in [2.75, 3.05) is 24.9 Å². The van der Waals surface area contributed by atoms with E-state index in [9.17, 15) is 8.78 Å². The minimum atomic E-state index is -0.814. The predicted molar refractivity (Wildman–Crippen MR) is 54.6 cm³/mol. The van der Waals surface area contributed by atoms with Crippen molar-refractivity contribution < 1.29 is 13.5 Å². The Labute approximate surface area is 90.2 Å².